The van der Waals surface area contributed by atoms with Crippen LogP contribution < -0.4 is 5.48 Å². The van der Waals surface area contributed by atoms with Crippen molar-refractivity contribution in [3.05, 3.63) is 65.7 Å². The summed E-state index contributed by atoms with van der Waals surface area (Å²) in [6.45, 7) is 2.80. The molecule has 0 spiro atoms. The molecule has 0 unspecified atom stereocenters. The summed E-state index contributed by atoms with van der Waals surface area (Å²) in [6.07, 6.45) is 0.453. The number of aliphatic hydroxyl groups excluding tert-OH is 1. The summed E-state index contributed by atoms with van der Waals surface area (Å²) in [6, 6.07) is 16.0. The third-order valence-corrected chi connectivity index (χ3v) is 6.63. The maximum Gasteiger partial charge on any atom is 0.243 e. The zero-order valence-corrected chi connectivity index (χ0v) is 16.2. The lowest BCUT2D eigenvalue weighted by Gasteiger charge is -2.26. The highest BCUT2D eigenvalue weighted by Crippen LogP contribution is 2.21. The van der Waals surface area contributed by atoms with Crippen molar-refractivity contribution < 1.29 is 18.4 Å². The minimum absolute atomic E-state index is 0.159. The first kappa shape index (κ1) is 20.0. The van der Waals surface area contributed by atoms with Crippen molar-refractivity contribution >= 4 is 10.0 Å². The number of hydroxylamine groups is 1. The van der Waals surface area contributed by atoms with Crippen molar-refractivity contribution in [2.24, 2.45) is 0 Å². The molecule has 27 heavy (non-hydrogen) atoms. The van der Waals surface area contributed by atoms with Crippen molar-refractivity contribution in [3.63, 3.8) is 0 Å². The second-order valence-electron chi connectivity index (χ2n) is 6.88. The Hall–Kier alpha value is -1.77. The SMILES string of the molecule is Cc1ccc(S(=O)(=O)N2CCC[C@H](O)[C@@H](NOCc3ccccc3)C2)cc1. The van der Waals surface area contributed by atoms with Gasteiger partial charge in [-0.05, 0) is 37.5 Å². The van der Waals surface area contributed by atoms with E-state index in [1.54, 1.807) is 24.3 Å². The predicted octanol–water partition coefficient (Wildman–Crippen LogP) is 2.23. The molecule has 1 fully saturated rings. The normalized spacial score (nSPS) is 21.7. The highest BCUT2D eigenvalue weighted by Gasteiger charge is 2.32. The Bertz CT molecular complexity index is 825. The van der Waals surface area contributed by atoms with Crippen LogP contribution in [0.15, 0.2) is 59.5 Å². The second-order valence-corrected chi connectivity index (χ2v) is 8.82. The van der Waals surface area contributed by atoms with Crippen molar-refractivity contribution in [3.8, 4) is 0 Å². The fraction of sp³-hybridized carbons (Fsp3) is 0.400. The molecule has 3 rings (SSSR count). The van der Waals surface area contributed by atoms with Crippen LogP contribution in [0.1, 0.15) is 24.0 Å². The lowest BCUT2D eigenvalue weighted by molar-refractivity contribution is -0.0334. The Balaban J connectivity index is 1.67. The van der Waals surface area contributed by atoms with E-state index in [1.165, 1.54) is 4.31 Å². The van der Waals surface area contributed by atoms with Gasteiger partial charge in [0.05, 0.1) is 23.6 Å². The zero-order valence-electron chi connectivity index (χ0n) is 15.4. The number of sulfonamides is 1. The predicted molar refractivity (Wildman–Crippen MR) is 103 cm³/mol. The van der Waals surface area contributed by atoms with Crippen molar-refractivity contribution in [2.45, 2.75) is 43.4 Å². The fourth-order valence-electron chi connectivity index (χ4n) is 3.11. The molecule has 0 amide bonds. The molecule has 0 saturated carbocycles. The standard InChI is InChI=1S/C20H26N2O4S/c1-16-9-11-18(12-10-16)27(24,25)22-13-5-8-20(23)19(14-22)21-26-15-17-6-3-2-4-7-17/h2-4,6-7,9-12,19-21,23H,5,8,13-15H2,1H3/t19-,20-/m0/s1. The molecule has 146 valence electrons. The number of benzene rings is 2. The summed E-state index contributed by atoms with van der Waals surface area (Å²) in [4.78, 5) is 5.81. The molecule has 7 heteroatoms. The minimum atomic E-state index is -3.61. The maximum atomic E-state index is 13.0. The van der Waals surface area contributed by atoms with E-state index in [1.807, 2.05) is 37.3 Å². The van der Waals surface area contributed by atoms with Gasteiger partial charge >= 0.3 is 0 Å². The van der Waals surface area contributed by atoms with Crippen LogP contribution >= 0.6 is 0 Å². The topological polar surface area (TPSA) is 78.9 Å². The van der Waals surface area contributed by atoms with E-state index in [4.69, 9.17) is 4.84 Å². The van der Waals surface area contributed by atoms with Gasteiger partial charge in [-0.3, -0.25) is 4.84 Å². The first-order chi connectivity index (χ1) is 13.0. The monoisotopic (exact) mass is 390 g/mol. The van der Waals surface area contributed by atoms with Gasteiger partial charge in [0.1, 0.15) is 0 Å². The van der Waals surface area contributed by atoms with Crippen LogP contribution in [0.25, 0.3) is 0 Å². The summed E-state index contributed by atoms with van der Waals surface area (Å²) in [5.74, 6) is 0. The van der Waals surface area contributed by atoms with Crippen molar-refractivity contribution in [1.82, 2.24) is 9.79 Å². The lowest BCUT2D eigenvalue weighted by atomic mass is 10.1. The lowest BCUT2D eigenvalue weighted by Crippen LogP contribution is -2.47. The molecule has 1 aliphatic rings. The third kappa shape index (κ3) is 5.15. The number of nitrogens with one attached hydrogen (secondary N) is 1. The van der Waals surface area contributed by atoms with Gasteiger partial charge in [-0.1, -0.05) is 48.0 Å². The number of aryl methyl sites for hydroxylation is 1. The average Bonchev–Trinajstić information content (AvgIpc) is 2.85. The molecule has 0 radical (unpaired) electrons. The van der Waals surface area contributed by atoms with E-state index < -0.39 is 22.2 Å². The highest BCUT2D eigenvalue weighted by molar-refractivity contribution is 7.89. The molecule has 2 aromatic rings. The number of aliphatic hydroxyl groups is 1. The Morgan fingerprint density at radius 1 is 1.15 bits per heavy atom. The number of hydrogen-bond donors (Lipinski definition) is 2. The quantitative estimate of drug-likeness (QED) is 0.740. The molecule has 1 aliphatic heterocycles. The Kier molecular flexibility index (Phi) is 6.62. The molecule has 0 aliphatic carbocycles. The smallest absolute Gasteiger partial charge is 0.243 e. The summed E-state index contributed by atoms with van der Waals surface area (Å²) in [5.41, 5.74) is 4.87. The molecular formula is C20H26N2O4S. The van der Waals surface area contributed by atoms with E-state index >= 15 is 0 Å². The summed E-state index contributed by atoms with van der Waals surface area (Å²) in [7, 11) is -3.61. The van der Waals surface area contributed by atoms with Gasteiger partial charge in [0, 0.05) is 13.1 Å². The van der Waals surface area contributed by atoms with Crippen LogP contribution in [-0.2, 0) is 21.5 Å². The molecule has 1 saturated heterocycles. The molecular weight excluding hydrogens is 364 g/mol. The van der Waals surface area contributed by atoms with Gasteiger partial charge < -0.3 is 5.11 Å². The maximum absolute atomic E-state index is 13.0. The first-order valence-electron chi connectivity index (χ1n) is 9.13. The van der Waals surface area contributed by atoms with Crippen LogP contribution in [0.4, 0.5) is 0 Å². The number of hydrogen-bond acceptors (Lipinski definition) is 5. The van der Waals surface area contributed by atoms with Crippen LogP contribution in [0.3, 0.4) is 0 Å². The summed E-state index contributed by atoms with van der Waals surface area (Å²) >= 11 is 0. The first-order valence-corrected chi connectivity index (χ1v) is 10.6. The summed E-state index contributed by atoms with van der Waals surface area (Å²) in [5, 5.41) is 10.4. The minimum Gasteiger partial charge on any atom is -0.391 e. The molecule has 6 nitrogen and oxygen atoms in total. The second kappa shape index (κ2) is 8.95. The van der Waals surface area contributed by atoms with Crippen LogP contribution in [-0.4, -0.2) is 43.1 Å². The van der Waals surface area contributed by atoms with E-state index in [-0.39, 0.29) is 11.4 Å². The van der Waals surface area contributed by atoms with E-state index in [0.29, 0.717) is 26.0 Å². The number of nitrogens with zero attached hydrogens (tertiary/aromatic N) is 1. The Morgan fingerprint density at radius 3 is 2.56 bits per heavy atom. The van der Waals surface area contributed by atoms with Gasteiger partial charge in [0.2, 0.25) is 10.0 Å². The fourth-order valence-corrected chi connectivity index (χ4v) is 4.61. The molecule has 0 bridgehead atoms. The largest absolute Gasteiger partial charge is 0.391 e. The molecule has 2 atom stereocenters. The van der Waals surface area contributed by atoms with E-state index in [2.05, 4.69) is 5.48 Å². The highest BCUT2D eigenvalue weighted by atomic mass is 32.2. The Morgan fingerprint density at radius 2 is 1.85 bits per heavy atom. The van der Waals surface area contributed by atoms with Gasteiger partial charge in [0.25, 0.3) is 0 Å². The van der Waals surface area contributed by atoms with Crippen molar-refractivity contribution in [2.75, 3.05) is 13.1 Å². The van der Waals surface area contributed by atoms with Crippen LogP contribution in [0.2, 0.25) is 0 Å². The Labute approximate surface area is 160 Å². The van der Waals surface area contributed by atoms with Crippen LogP contribution in [0, 0.1) is 6.92 Å². The molecule has 2 N–H and O–H groups in total. The molecule has 2 aromatic carbocycles. The third-order valence-electron chi connectivity index (χ3n) is 4.75. The molecule has 1 heterocycles. The van der Waals surface area contributed by atoms with Crippen LogP contribution in [0.5, 0.6) is 0 Å². The van der Waals surface area contributed by atoms with Gasteiger partial charge in [-0.25, -0.2) is 8.42 Å². The van der Waals surface area contributed by atoms with Crippen molar-refractivity contribution in [1.29, 1.82) is 0 Å². The average molecular weight is 391 g/mol. The molecule has 0 aromatic heterocycles. The summed E-state index contributed by atoms with van der Waals surface area (Å²) < 4.78 is 27.4. The van der Waals surface area contributed by atoms with E-state index in [9.17, 15) is 13.5 Å². The number of rotatable bonds is 6. The van der Waals surface area contributed by atoms with Gasteiger partial charge in [-0.15, -0.1) is 0 Å². The van der Waals surface area contributed by atoms with E-state index in [0.717, 1.165) is 11.1 Å². The zero-order chi connectivity index (χ0) is 19.3. The van der Waals surface area contributed by atoms with Gasteiger partial charge in [0.15, 0.2) is 0 Å². The van der Waals surface area contributed by atoms with Gasteiger partial charge in [-0.2, -0.15) is 9.79 Å².